The number of aromatic nitrogens is 4. The summed E-state index contributed by atoms with van der Waals surface area (Å²) in [4.78, 5) is 14.9. The molecule has 0 N–H and O–H groups in total. The minimum Gasteiger partial charge on any atom is -0.332 e. The third-order valence-electron chi connectivity index (χ3n) is 3.95. The van der Waals surface area contributed by atoms with Gasteiger partial charge in [0.1, 0.15) is 6.20 Å². The summed E-state index contributed by atoms with van der Waals surface area (Å²) < 4.78 is 6.58. The molecule has 0 spiro atoms. The van der Waals surface area contributed by atoms with E-state index in [0.29, 0.717) is 11.7 Å². The van der Waals surface area contributed by atoms with Crippen LogP contribution in [0.25, 0.3) is 11.6 Å². The number of rotatable bonds is 3. The van der Waals surface area contributed by atoms with Gasteiger partial charge in [-0.3, -0.25) is 14.8 Å². The first-order chi connectivity index (χ1) is 10.0. The van der Waals surface area contributed by atoms with Crippen molar-refractivity contribution in [3.8, 4) is 11.6 Å². The van der Waals surface area contributed by atoms with Crippen LogP contribution in [0.3, 0.4) is 0 Å². The lowest BCUT2D eigenvalue weighted by molar-refractivity contribution is -0.384. The van der Waals surface area contributed by atoms with Crippen LogP contribution in [0.1, 0.15) is 44.3 Å². The lowest BCUT2D eigenvalue weighted by Gasteiger charge is -2.23. The second-order valence-corrected chi connectivity index (χ2v) is 5.72. The Labute approximate surface area is 121 Å². The average Bonchev–Trinajstić information content (AvgIpc) is 3.04. The van der Waals surface area contributed by atoms with Crippen molar-refractivity contribution in [2.24, 2.45) is 13.0 Å². The standard InChI is InChI=1S/C13H17N5O3/c1-8-4-3-5-9(6-8)12-14-13(21-16-12)11-10(18(19)20)7-17(2)15-11/h7-9H,3-6H2,1-2H3/t8-,9-/m1/s1. The van der Waals surface area contributed by atoms with Crippen molar-refractivity contribution in [2.45, 2.75) is 38.5 Å². The summed E-state index contributed by atoms with van der Waals surface area (Å²) in [6.45, 7) is 2.22. The highest BCUT2D eigenvalue weighted by Gasteiger charge is 2.28. The van der Waals surface area contributed by atoms with Crippen LogP contribution in [-0.4, -0.2) is 24.8 Å². The Hall–Kier alpha value is -2.25. The van der Waals surface area contributed by atoms with Crippen LogP contribution < -0.4 is 0 Å². The van der Waals surface area contributed by atoms with E-state index in [-0.39, 0.29) is 23.2 Å². The van der Waals surface area contributed by atoms with Gasteiger partial charge in [0.2, 0.25) is 5.69 Å². The van der Waals surface area contributed by atoms with Gasteiger partial charge in [-0.25, -0.2) is 0 Å². The van der Waals surface area contributed by atoms with E-state index >= 15 is 0 Å². The van der Waals surface area contributed by atoms with Crippen LogP contribution >= 0.6 is 0 Å². The predicted molar refractivity (Wildman–Crippen MR) is 73.5 cm³/mol. The van der Waals surface area contributed by atoms with Gasteiger partial charge >= 0.3 is 5.69 Å². The molecule has 1 fully saturated rings. The second-order valence-electron chi connectivity index (χ2n) is 5.72. The number of nitrogens with zero attached hydrogens (tertiary/aromatic N) is 5. The summed E-state index contributed by atoms with van der Waals surface area (Å²) in [6.07, 6.45) is 5.78. The molecule has 3 rings (SSSR count). The van der Waals surface area contributed by atoms with E-state index in [2.05, 4.69) is 22.2 Å². The van der Waals surface area contributed by atoms with Crippen molar-refractivity contribution >= 4 is 5.69 Å². The predicted octanol–water partition coefficient (Wildman–Crippen LogP) is 2.67. The molecule has 0 aromatic carbocycles. The first kappa shape index (κ1) is 13.7. The molecule has 112 valence electrons. The molecule has 21 heavy (non-hydrogen) atoms. The molecule has 1 aliphatic carbocycles. The highest BCUT2D eigenvalue weighted by molar-refractivity contribution is 5.60. The van der Waals surface area contributed by atoms with Crippen molar-refractivity contribution in [2.75, 3.05) is 0 Å². The molecule has 8 nitrogen and oxygen atoms in total. The number of aryl methyl sites for hydroxylation is 1. The number of nitro groups is 1. The molecule has 0 saturated heterocycles. The molecular weight excluding hydrogens is 274 g/mol. The molecule has 8 heteroatoms. The Morgan fingerprint density at radius 3 is 3.00 bits per heavy atom. The Bertz CT molecular complexity index is 663. The molecule has 1 saturated carbocycles. The molecule has 0 bridgehead atoms. The molecule has 0 radical (unpaired) electrons. The lowest BCUT2D eigenvalue weighted by atomic mass is 9.82. The maximum Gasteiger partial charge on any atom is 0.320 e. The van der Waals surface area contributed by atoms with Crippen LogP contribution in [0.4, 0.5) is 5.69 Å². The summed E-state index contributed by atoms with van der Waals surface area (Å²) in [5, 5.41) is 19.1. The third-order valence-corrected chi connectivity index (χ3v) is 3.95. The summed E-state index contributed by atoms with van der Waals surface area (Å²) in [5.74, 6) is 1.68. The molecule has 2 heterocycles. The van der Waals surface area contributed by atoms with Crippen LogP contribution in [0, 0.1) is 16.0 Å². The Morgan fingerprint density at radius 2 is 2.29 bits per heavy atom. The van der Waals surface area contributed by atoms with Gasteiger partial charge in [0, 0.05) is 13.0 Å². The van der Waals surface area contributed by atoms with Gasteiger partial charge in [0.15, 0.2) is 5.82 Å². The van der Waals surface area contributed by atoms with Crippen LogP contribution in [0.15, 0.2) is 10.7 Å². The van der Waals surface area contributed by atoms with Crippen LogP contribution in [-0.2, 0) is 7.05 Å². The Morgan fingerprint density at radius 1 is 1.48 bits per heavy atom. The van der Waals surface area contributed by atoms with E-state index < -0.39 is 4.92 Å². The van der Waals surface area contributed by atoms with E-state index in [1.807, 2.05) is 0 Å². The van der Waals surface area contributed by atoms with Crippen molar-refractivity contribution in [3.05, 3.63) is 22.1 Å². The van der Waals surface area contributed by atoms with Crippen molar-refractivity contribution in [1.82, 2.24) is 19.9 Å². The van der Waals surface area contributed by atoms with Gasteiger partial charge in [0.05, 0.1) is 4.92 Å². The highest BCUT2D eigenvalue weighted by atomic mass is 16.6. The van der Waals surface area contributed by atoms with Crippen molar-refractivity contribution < 1.29 is 9.45 Å². The number of hydrogen-bond acceptors (Lipinski definition) is 6. The Balaban J connectivity index is 1.90. The first-order valence-corrected chi connectivity index (χ1v) is 7.06. The maximum atomic E-state index is 11.0. The highest BCUT2D eigenvalue weighted by Crippen LogP contribution is 2.36. The van der Waals surface area contributed by atoms with E-state index in [1.165, 1.54) is 17.3 Å². The van der Waals surface area contributed by atoms with Crippen molar-refractivity contribution in [3.63, 3.8) is 0 Å². The summed E-state index contributed by atoms with van der Waals surface area (Å²) in [5.41, 5.74) is 0.00909. The quantitative estimate of drug-likeness (QED) is 0.636. The minimum atomic E-state index is -0.491. The van der Waals surface area contributed by atoms with Crippen LogP contribution in [0.2, 0.25) is 0 Å². The van der Waals surface area contributed by atoms with E-state index in [1.54, 1.807) is 7.05 Å². The second kappa shape index (κ2) is 5.27. The molecule has 0 amide bonds. The maximum absolute atomic E-state index is 11.0. The molecule has 2 aromatic heterocycles. The van der Waals surface area contributed by atoms with Gasteiger partial charge in [0.25, 0.3) is 5.89 Å². The van der Waals surface area contributed by atoms with Gasteiger partial charge in [-0.15, -0.1) is 0 Å². The molecule has 0 aliphatic heterocycles. The third kappa shape index (κ3) is 2.65. The molecule has 2 atom stereocenters. The van der Waals surface area contributed by atoms with Gasteiger partial charge in [-0.05, 0) is 18.8 Å². The normalized spacial score (nSPS) is 22.4. The fraction of sp³-hybridized carbons (Fsp3) is 0.615. The van der Waals surface area contributed by atoms with Gasteiger partial charge in [-0.2, -0.15) is 10.1 Å². The van der Waals surface area contributed by atoms with Crippen LogP contribution in [0.5, 0.6) is 0 Å². The lowest BCUT2D eigenvalue weighted by Crippen LogP contribution is -2.12. The fourth-order valence-corrected chi connectivity index (χ4v) is 2.93. The molecule has 2 aromatic rings. The zero-order chi connectivity index (χ0) is 15.0. The first-order valence-electron chi connectivity index (χ1n) is 7.06. The molecular formula is C13H17N5O3. The topological polar surface area (TPSA) is 99.9 Å². The van der Waals surface area contributed by atoms with Gasteiger partial charge in [-0.1, -0.05) is 24.9 Å². The molecule has 1 aliphatic rings. The molecule has 0 unspecified atom stereocenters. The largest absolute Gasteiger partial charge is 0.332 e. The zero-order valence-corrected chi connectivity index (χ0v) is 12.0. The smallest absolute Gasteiger partial charge is 0.320 e. The van der Waals surface area contributed by atoms with E-state index in [4.69, 9.17) is 4.52 Å². The SMILES string of the molecule is C[C@@H]1CCC[C@@H](c2noc(-c3nn(C)cc3[N+](=O)[O-])n2)C1. The monoisotopic (exact) mass is 291 g/mol. The van der Waals surface area contributed by atoms with E-state index in [0.717, 1.165) is 19.3 Å². The minimum absolute atomic E-state index is 0.121. The number of hydrogen-bond donors (Lipinski definition) is 0. The van der Waals surface area contributed by atoms with Crippen molar-refractivity contribution in [1.29, 1.82) is 0 Å². The van der Waals surface area contributed by atoms with E-state index in [9.17, 15) is 10.1 Å². The van der Waals surface area contributed by atoms with Gasteiger partial charge < -0.3 is 4.52 Å². The summed E-state index contributed by atoms with van der Waals surface area (Å²) >= 11 is 0. The fourth-order valence-electron chi connectivity index (χ4n) is 2.93. The summed E-state index contributed by atoms with van der Waals surface area (Å²) in [6, 6.07) is 0. The Kier molecular flexibility index (Phi) is 3.44. The summed E-state index contributed by atoms with van der Waals surface area (Å²) in [7, 11) is 1.62. The zero-order valence-electron chi connectivity index (χ0n) is 12.0. The average molecular weight is 291 g/mol.